The van der Waals surface area contributed by atoms with Crippen molar-refractivity contribution in [3.63, 3.8) is 0 Å². The molecule has 1 N–H and O–H groups in total. The number of thioether (sulfide) groups is 1. The van der Waals surface area contributed by atoms with E-state index in [1.807, 2.05) is 45.0 Å². The van der Waals surface area contributed by atoms with Gasteiger partial charge in [-0.3, -0.25) is 14.4 Å². The first-order valence-corrected chi connectivity index (χ1v) is 17.8. The number of hydrogen-bond acceptors (Lipinski definition) is 6. The molecule has 3 unspecified atom stereocenters. The Bertz CT molecular complexity index is 1490. The smallest absolute Gasteiger partial charge is 0.251 e. The lowest BCUT2D eigenvalue weighted by Gasteiger charge is -2.43. The van der Waals surface area contributed by atoms with Gasteiger partial charge >= 0.3 is 0 Å². The summed E-state index contributed by atoms with van der Waals surface area (Å²) in [7, 11) is 0. The van der Waals surface area contributed by atoms with E-state index in [4.69, 9.17) is 16.3 Å². The number of amides is 3. The van der Waals surface area contributed by atoms with Crippen LogP contribution in [0.25, 0.3) is 0 Å². The van der Waals surface area contributed by atoms with Gasteiger partial charge in [-0.1, -0.05) is 50.9 Å². The van der Waals surface area contributed by atoms with E-state index in [1.165, 1.54) is 0 Å². The standard InChI is InChI=1S/C37H46ClN3O5S/c1-7-19-39(27-15-17-28(18-16-27)46-10-4)34(43)31-30-21-24(6)37(47-30)32(31)35(44)41(29(22-42)23(5)9-3)33(37)36(45)40(20-8-2)26-13-11-25(38)12-14-26/h7-8,11-18,23-24,29-33,42H,1-2,9-10,19-22H2,3-6H3/t23-,24?,29-,30-,31+,32-,33?,37?/m0/s1. The summed E-state index contributed by atoms with van der Waals surface area (Å²) >= 11 is 7.83. The topological polar surface area (TPSA) is 90.4 Å². The van der Waals surface area contributed by atoms with Crippen molar-refractivity contribution in [1.82, 2.24) is 4.90 Å². The van der Waals surface area contributed by atoms with Crippen molar-refractivity contribution in [2.24, 2.45) is 23.7 Å². The highest BCUT2D eigenvalue weighted by molar-refractivity contribution is 8.02. The average Bonchev–Trinajstić information content (AvgIpc) is 3.67. The van der Waals surface area contributed by atoms with Gasteiger partial charge in [0.25, 0.3) is 5.91 Å². The maximum Gasteiger partial charge on any atom is 0.251 e. The molecule has 47 heavy (non-hydrogen) atoms. The number of likely N-dealkylation sites (tertiary alicyclic amines) is 1. The Morgan fingerprint density at radius 1 is 1.06 bits per heavy atom. The molecule has 8 nitrogen and oxygen atoms in total. The quantitative estimate of drug-likeness (QED) is 0.239. The summed E-state index contributed by atoms with van der Waals surface area (Å²) in [5.41, 5.74) is 1.33. The van der Waals surface area contributed by atoms with E-state index in [0.717, 1.165) is 0 Å². The number of aliphatic hydroxyl groups is 1. The maximum absolute atomic E-state index is 15.0. The first kappa shape index (κ1) is 35.0. The van der Waals surface area contributed by atoms with Gasteiger partial charge in [-0.15, -0.1) is 24.9 Å². The summed E-state index contributed by atoms with van der Waals surface area (Å²) in [6.07, 6.45) is 4.76. The molecular formula is C37H46ClN3O5S. The third kappa shape index (κ3) is 6.00. The molecule has 0 aromatic heterocycles. The minimum absolute atomic E-state index is 0.0279. The Morgan fingerprint density at radius 2 is 1.64 bits per heavy atom. The van der Waals surface area contributed by atoms with Gasteiger partial charge in [0.15, 0.2) is 0 Å². The molecule has 0 radical (unpaired) electrons. The summed E-state index contributed by atoms with van der Waals surface area (Å²) < 4.78 is 4.76. The van der Waals surface area contributed by atoms with E-state index in [1.54, 1.807) is 62.9 Å². The second kappa shape index (κ2) is 14.5. The third-order valence-corrected chi connectivity index (χ3v) is 12.6. The molecule has 1 spiro atoms. The highest BCUT2D eigenvalue weighted by atomic mass is 35.5. The van der Waals surface area contributed by atoms with E-state index in [2.05, 4.69) is 20.1 Å². The predicted octanol–water partition coefficient (Wildman–Crippen LogP) is 6.22. The molecule has 2 aromatic rings. The monoisotopic (exact) mass is 679 g/mol. The number of carbonyl (C=O) groups is 3. The van der Waals surface area contributed by atoms with Gasteiger partial charge in [-0.2, -0.15) is 0 Å². The molecule has 2 bridgehead atoms. The molecule has 8 atom stereocenters. The fourth-order valence-corrected chi connectivity index (χ4v) is 10.5. The molecule has 5 rings (SSSR count). The predicted molar refractivity (Wildman–Crippen MR) is 190 cm³/mol. The molecule has 3 aliphatic rings. The molecule has 3 amide bonds. The van der Waals surface area contributed by atoms with Gasteiger partial charge in [-0.25, -0.2) is 0 Å². The van der Waals surface area contributed by atoms with Crippen molar-refractivity contribution in [3.8, 4) is 5.75 Å². The third-order valence-electron chi connectivity index (χ3n) is 10.3. The van der Waals surface area contributed by atoms with Crippen LogP contribution in [0.2, 0.25) is 5.02 Å². The van der Waals surface area contributed by atoms with Gasteiger partial charge in [0, 0.05) is 34.7 Å². The molecular weight excluding hydrogens is 634 g/mol. The lowest BCUT2D eigenvalue weighted by molar-refractivity contribution is -0.143. The van der Waals surface area contributed by atoms with Crippen LogP contribution in [0.1, 0.15) is 40.5 Å². The van der Waals surface area contributed by atoms with Crippen LogP contribution < -0.4 is 14.5 Å². The summed E-state index contributed by atoms with van der Waals surface area (Å²) in [6.45, 7) is 16.6. The molecule has 3 saturated heterocycles. The van der Waals surface area contributed by atoms with E-state index < -0.39 is 28.7 Å². The van der Waals surface area contributed by atoms with Crippen LogP contribution in [0.5, 0.6) is 5.75 Å². The molecule has 2 aromatic carbocycles. The number of ether oxygens (including phenoxy) is 1. The molecule has 3 heterocycles. The molecule has 0 aliphatic carbocycles. The Balaban J connectivity index is 1.62. The van der Waals surface area contributed by atoms with Gasteiger partial charge in [-0.05, 0) is 73.7 Å². The number of halogens is 1. The second-order valence-electron chi connectivity index (χ2n) is 12.8. The van der Waals surface area contributed by atoms with Crippen molar-refractivity contribution >= 4 is 52.5 Å². The normalized spacial score (nSPS) is 27.2. The lowest BCUT2D eigenvalue weighted by Crippen LogP contribution is -2.60. The van der Waals surface area contributed by atoms with Crippen LogP contribution in [0.3, 0.4) is 0 Å². The molecule has 0 saturated carbocycles. The van der Waals surface area contributed by atoms with Crippen LogP contribution in [0.15, 0.2) is 73.8 Å². The number of aliphatic hydroxyl groups excluding tert-OH is 1. The minimum atomic E-state index is -0.886. The minimum Gasteiger partial charge on any atom is -0.494 e. The molecule has 3 fully saturated rings. The van der Waals surface area contributed by atoms with Crippen LogP contribution in [-0.4, -0.2) is 76.1 Å². The number of rotatable bonds is 14. The number of hydrogen-bond donors (Lipinski definition) is 1. The van der Waals surface area contributed by atoms with Crippen molar-refractivity contribution in [3.05, 3.63) is 78.9 Å². The Morgan fingerprint density at radius 3 is 2.17 bits per heavy atom. The highest BCUT2D eigenvalue weighted by Gasteiger charge is 2.77. The first-order chi connectivity index (χ1) is 22.6. The first-order valence-electron chi connectivity index (χ1n) is 16.5. The van der Waals surface area contributed by atoms with E-state index >= 15 is 4.79 Å². The zero-order valence-electron chi connectivity index (χ0n) is 27.7. The zero-order valence-corrected chi connectivity index (χ0v) is 29.3. The number of carbonyl (C=O) groups excluding carboxylic acids is 3. The number of fused-ring (bicyclic) bond motifs is 1. The number of nitrogens with zero attached hydrogens (tertiary/aromatic N) is 3. The van der Waals surface area contributed by atoms with E-state index in [0.29, 0.717) is 41.6 Å². The molecule has 10 heteroatoms. The maximum atomic E-state index is 15.0. The summed E-state index contributed by atoms with van der Waals surface area (Å²) in [4.78, 5) is 49.7. The SMILES string of the molecule is C=CCN(C(=O)C1N([C@@H](CO)[C@@H](C)CC)C(=O)[C@@H]2[C@H](C(=O)N(CC=C)c3ccc(OCC)cc3)[C@@H]3CC(C)C12S3)c1ccc(Cl)cc1. The van der Waals surface area contributed by atoms with Crippen molar-refractivity contribution in [2.45, 2.75) is 62.6 Å². The highest BCUT2D eigenvalue weighted by Crippen LogP contribution is 2.69. The Kier molecular flexibility index (Phi) is 10.8. The van der Waals surface area contributed by atoms with E-state index in [9.17, 15) is 14.7 Å². The van der Waals surface area contributed by atoms with Gasteiger partial charge in [0.1, 0.15) is 11.8 Å². The van der Waals surface area contributed by atoms with E-state index in [-0.39, 0.29) is 54.5 Å². The van der Waals surface area contributed by atoms with Crippen molar-refractivity contribution in [2.75, 3.05) is 36.1 Å². The van der Waals surface area contributed by atoms with Crippen LogP contribution in [0, 0.1) is 23.7 Å². The van der Waals surface area contributed by atoms with Crippen LogP contribution in [-0.2, 0) is 14.4 Å². The average molecular weight is 680 g/mol. The van der Waals surface area contributed by atoms with Gasteiger partial charge in [0.2, 0.25) is 11.8 Å². The van der Waals surface area contributed by atoms with Crippen molar-refractivity contribution < 1.29 is 24.2 Å². The molecule has 3 aliphatic heterocycles. The molecule has 252 valence electrons. The Labute approximate surface area is 287 Å². The van der Waals surface area contributed by atoms with Gasteiger partial charge < -0.3 is 24.5 Å². The van der Waals surface area contributed by atoms with Crippen LogP contribution in [0.4, 0.5) is 11.4 Å². The zero-order chi connectivity index (χ0) is 34.0. The largest absolute Gasteiger partial charge is 0.494 e. The Hall–Kier alpha value is -3.27. The fourth-order valence-electron chi connectivity index (χ4n) is 7.93. The lowest BCUT2D eigenvalue weighted by atomic mass is 9.65. The summed E-state index contributed by atoms with van der Waals surface area (Å²) in [5, 5.41) is 11.2. The van der Waals surface area contributed by atoms with Crippen molar-refractivity contribution in [1.29, 1.82) is 0 Å². The summed E-state index contributed by atoms with van der Waals surface area (Å²) in [6, 6.07) is 12.9. The van der Waals surface area contributed by atoms with Gasteiger partial charge in [0.05, 0.1) is 35.8 Å². The number of benzene rings is 2. The fraction of sp³-hybridized carbons (Fsp3) is 0.486. The summed E-state index contributed by atoms with van der Waals surface area (Å²) in [5.74, 6) is -1.41. The second-order valence-corrected chi connectivity index (χ2v) is 14.8. The number of anilines is 2. The van der Waals surface area contributed by atoms with Crippen LogP contribution >= 0.6 is 23.4 Å².